The van der Waals surface area contributed by atoms with Crippen LogP contribution < -0.4 is 10.2 Å². The lowest BCUT2D eigenvalue weighted by molar-refractivity contribution is -0.123. The molecule has 0 radical (unpaired) electrons. The predicted octanol–water partition coefficient (Wildman–Crippen LogP) is 4.64. The number of nitrogens with one attached hydrogen (secondary N) is 1. The molecule has 0 unspecified atom stereocenters. The molecule has 5 heteroatoms. The monoisotopic (exact) mass is 366 g/mol. The van der Waals surface area contributed by atoms with Crippen LogP contribution in [0.5, 0.6) is 5.75 Å². The second-order valence-electron chi connectivity index (χ2n) is 6.02. The Bertz CT molecular complexity index is 954. The number of carbonyl (C=O) groups excluding carboxylic acids is 1. The van der Waals surface area contributed by atoms with E-state index in [4.69, 9.17) is 16.3 Å². The van der Waals surface area contributed by atoms with E-state index in [1.807, 2.05) is 68.4 Å². The number of fused-ring (bicyclic) bond motifs is 1. The lowest BCUT2D eigenvalue weighted by Crippen LogP contribution is -2.24. The Morgan fingerprint density at radius 2 is 1.81 bits per heavy atom. The van der Waals surface area contributed by atoms with Gasteiger partial charge in [0.2, 0.25) is 0 Å². The molecule has 0 spiro atoms. The highest BCUT2D eigenvalue weighted by Gasteiger charge is 2.06. The highest BCUT2D eigenvalue weighted by Crippen LogP contribution is 2.25. The molecular weight excluding hydrogens is 348 g/mol. The standard InChI is InChI=1S/C21H19ClN2O2/c1-14-10-18(11-15(2)21(14)22)26-13-20(25)24-23-12-17-8-5-7-16-6-3-4-9-19(16)17/h3-12H,13H2,1-2H3,(H,24,25). The maximum absolute atomic E-state index is 11.9. The van der Waals surface area contributed by atoms with Crippen molar-refractivity contribution in [2.24, 2.45) is 5.10 Å². The fourth-order valence-corrected chi connectivity index (χ4v) is 2.82. The Hall–Kier alpha value is -2.85. The Balaban J connectivity index is 1.59. The molecule has 3 aromatic carbocycles. The second kappa shape index (κ2) is 8.02. The van der Waals surface area contributed by atoms with Gasteiger partial charge in [-0.15, -0.1) is 0 Å². The molecule has 1 N–H and O–H groups in total. The third-order valence-corrected chi connectivity index (χ3v) is 4.59. The molecule has 0 saturated heterocycles. The molecule has 0 bridgehead atoms. The summed E-state index contributed by atoms with van der Waals surface area (Å²) >= 11 is 6.13. The fourth-order valence-electron chi connectivity index (χ4n) is 2.71. The van der Waals surface area contributed by atoms with Crippen molar-refractivity contribution in [3.8, 4) is 5.75 Å². The van der Waals surface area contributed by atoms with Crippen LogP contribution in [0.4, 0.5) is 0 Å². The normalized spacial score (nSPS) is 11.0. The molecule has 26 heavy (non-hydrogen) atoms. The number of nitrogens with zero attached hydrogens (tertiary/aromatic N) is 1. The van der Waals surface area contributed by atoms with Crippen molar-refractivity contribution >= 4 is 34.5 Å². The van der Waals surface area contributed by atoms with Crippen molar-refractivity contribution in [1.29, 1.82) is 0 Å². The molecule has 1 amide bonds. The molecule has 132 valence electrons. The summed E-state index contributed by atoms with van der Waals surface area (Å²) in [4.78, 5) is 11.9. The van der Waals surface area contributed by atoms with Gasteiger partial charge in [0.15, 0.2) is 6.61 Å². The molecule has 0 fully saturated rings. The molecule has 0 aromatic heterocycles. The predicted molar refractivity (Wildman–Crippen MR) is 106 cm³/mol. The van der Waals surface area contributed by atoms with Gasteiger partial charge in [-0.05, 0) is 47.9 Å². The maximum atomic E-state index is 11.9. The minimum Gasteiger partial charge on any atom is -0.484 e. The van der Waals surface area contributed by atoms with Gasteiger partial charge >= 0.3 is 0 Å². The van der Waals surface area contributed by atoms with E-state index in [2.05, 4.69) is 10.5 Å². The van der Waals surface area contributed by atoms with E-state index in [0.29, 0.717) is 10.8 Å². The second-order valence-corrected chi connectivity index (χ2v) is 6.40. The Morgan fingerprint density at radius 3 is 2.58 bits per heavy atom. The molecule has 0 saturated carbocycles. The third kappa shape index (κ3) is 4.21. The topological polar surface area (TPSA) is 50.7 Å². The van der Waals surface area contributed by atoms with E-state index in [1.54, 1.807) is 6.21 Å². The van der Waals surface area contributed by atoms with E-state index in [9.17, 15) is 4.79 Å². The minimum absolute atomic E-state index is 0.118. The quantitative estimate of drug-likeness (QED) is 0.528. The summed E-state index contributed by atoms with van der Waals surface area (Å²) < 4.78 is 5.51. The summed E-state index contributed by atoms with van der Waals surface area (Å²) in [5.74, 6) is 0.282. The van der Waals surface area contributed by atoms with E-state index >= 15 is 0 Å². The van der Waals surface area contributed by atoms with Gasteiger partial charge in [0.25, 0.3) is 5.91 Å². The summed E-state index contributed by atoms with van der Waals surface area (Å²) in [7, 11) is 0. The molecule has 0 aliphatic rings. The lowest BCUT2D eigenvalue weighted by atomic mass is 10.1. The first-order valence-corrected chi connectivity index (χ1v) is 8.61. The van der Waals surface area contributed by atoms with Crippen LogP contribution in [0.3, 0.4) is 0 Å². The maximum Gasteiger partial charge on any atom is 0.277 e. The number of hydrazone groups is 1. The number of ether oxygens (including phenoxy) is 1. The van der Waals surface area contributed by atoms with Gasteiger partial charge in [0.1, 0.15) is 5.75 Å². The first kappa shape index (κ1) is 18.0. The molecule has 4 nitrogen and oxygen atoms in total. The summed E-state index contributed by atoms with van der Waals surface area (Å²) in [6, 6.07) is 17.6. The van der Waals surface area contributed by atoms with Crippen LogP contribution >= 0.6 is 11.6 Å². The van der Waals surface area contributed by atoms with Gasteiger partial charge < -0.3 is 4.74 Å². The zero-order chi connectivity index (χ0) is 18.5. The van der Waals surface area contributed by atoms with Crippen LogP contribution in [0.25, 0.3) is 10.8 Å². The largest absolute Gasteiger partial charge is 0.484 e. The Labute approximate surface area is 157 Å². The molecule has 3 rings (SSSR count). The van der Waals surface area contributed by atoms with Crippen LogP contribution in [0, 0.1) is 13.8 Å². The van der Waals surface area contributed by atoms with Crippen molar-refractivity contribution in [3.05, 3.63) is 76.3 Å². The summed E-state index contributed by atoms with van der Waals surface area (Å²) in [5.41, 5.74) is 5.25. The highest BCUT2D eigenvalue weighted by atomic mass is 35.5. The molecule has 0 aliphatic carbocycles. The lowest BCUT2D eigenvalue weighted by Gasteiger charge is -2.09. The zero-order valence-corrected chi connectivity index (χ0v) is 15.4. The average Bonchev–Trinajstić information content (AvgIpc) is 2.64. The number of aryl methyl sites for hydroxylation is 2. The van der Waals surface area contributed by atoms with Gasteiger partial charge in [-0.1, -0.05) is 54.1 Å². The SMILES string of the molecule is Cc1cc(OCC(=O)NN=Cc2cccc3ccccc23)cc(C)c1Cl. The van der Waals surface area contributed by atoms with Crippen LogP contribution in [0.1, 0.15) is 16.7 Å². The zero-order valence-electron chi connectivity index (χ0n) is 14.6. The highest BCUT2D eigenvalue weighted by molar-refractivity contribution is 6.32. The first-order valence-electron chi connectivity index (χ1n) is 8.24. The third-order valence-electron chi connectivity index (χ3n) is 4.00. The van der Waals surface area contributed by atoms with Crippen molar-refractivity contribution in [2.45, 2.75) is 13.8 Å². The smallest absolute Gasteiger partial charge is 0.277 e. The Morgan fingerprint density at radius 1 is 1.12 bits per heavy atom. The molecular formula is C21H19ClN2O2. The van der Waals surface area contributed by atoms with E-state index in [1.165, 1.54) is 0 Å². The van der Waals surface area contributed by atoms with Crippen LogP contribution in [-0.4, -0.2) is 18.7 Å². The van der Waals surface area contributed by atoms with Crippen LogP contribution in [-0.2, 0) is 4.79 Å². The molecule has 0 aliphatic heterocycles. The molecule has 3 aromatic rings. The van der Waals surface area contributed by atoms with E-state index < -0.39 is 0 Å². The van der Waals surface area contributed by atoms with Crippen LogP contribution in [0.2, 0.25) is 5.02 Å². The summed E-state index contributed by atoms with van der Waals surface area (Å²) in [5, 5.41) is 6.94. The number of halogens is 1. The number of rotatable bonds is 5. The van der Waals surface area contributed by atoms with E-state index in [-0.39, 0.29) is 12.5 Å². The number of benzene rings is 3. The summed E-state index contributed by atoms with van der Waals surface area (Å²) in [6.07, 6.45) is 1.64. The van der Waals surface area contributed by atoms with Crippen molar-refractivity contribution < 1.29 is 9.53 Å². The van der Waals surface area contributed by atoms with Crippen molar-refractivity contribution in [3.63, 3.8) is 0 Å². The van der Waals surface area contributed by atoms with Gasteiger partial charge in [-0.3, -0.25) is 4.79 Å². The van der Waals surface area contributed by atoms with Crippen molar-refractivity contribution in [2.75, 3.05) is 6.61 Å². The molecule has 0 heterocycles. The first-order chi connectivity index (χ1) is 12.5. The van der Waals surface area contributed by atoms with Gasteiger partial charge in [0.05, 0.1) is 6.21 Å². The molecule has 0 atom stereocenters. The number of hydrogen-bond donors (Lipinski definition) is 1. The van der Waals surface area contributed by atoms with Crippen LogP contribution in [0.15, 0.2) is 59.7 Å². The van der Waals surface area contributed by atoms with Gasteiger partial charge in [0, 0.05) is 10.6 Å². The fraction of sp³-hybridized carbons (Fsp3) is 0.143. The average molecular weight is 367 g/mol. The Kier molecular flexibility index (Phi) is 5.54. The summed E-state index contributed by atoms with van der Waals surface area (Å²) in [6.45, 7) is 3.68. The minimum atomic E-state index is -0.327. The van der Waals surface area contributed by atoms with Gasteiger partial charge in [-0.2, -0.15) is 5.10 Å². The van der Waals surface area contributed by atoms with E-state index in [0.717, 1.165) is 27.5 Å². The number of hydrogen-bond acceptors (Lipinski definition) is 3. The van der Waals surface area contributed by atoms with Crippen molar-refractivity contribution in [1.82, 2.24) is 5.43 Å². The van der Waals surface area contributed by atoms with Gasteiger partial charge in [-0.25, -0.2) is 5.43 Å². The number of amides is 1. The number of carbonyl (C=O) groups is 1.